The van der Waals surface area contributed by atoms with Crippen LogP contribution < -0.4 is 5.32 Å². The molecule has 0 saturated carbocycles. The Morgan fingerprint density at radius 1 is 1.31 bits per heavy atom. The highest BCUT2D eigenvalue weighted by atomic mass is 16.2. The summed E-state index contributed by atoms with van der Waals surface area (Å²) >= 11 is 0. The summed E-state index contributed by atoms with van der Waals surface area (Å²) in [6, 6.07) is 0.0219. The van der Waals surface area contributed by atoms with E-state index >= 15 is 0 Å². The van der Waals surface area contributed by atoms with Crippen molar-refractivity contribution in [3.63, 3.8) is 0 Å². The second-order valence-electron chi connectivity index (χ2n) is 3.71. The van der Waals surface area contributed by atoms with Crippen molar-refractivity contribution in [2.45, 2.75) is 46.1 Å². The Kier molecular flexibility index (Phi) is 4.81. The second-order valence-corrected chi connectivity index (χ2v) is 3.71. The molecule has 78 valence electrons. The Morgan fingerprint density at radius 3 is 2.08 bits per heavy atom. The molecule has 0 atom stereocenters. The normalized spacial score (nSPS) is 11.2. The van der Waals surface area contributed by atoms with Crippen molar-refractivity contribution < 1.29 is 4.79 Å². The molecule has 2 amide bonds. The van der Waals surface area contributed by atoms with Gasteiger partial charge in [0.15, 0.2) is 0 Å². The van der Waals surface area contributed by atoms with Crippen molar-refractivity contribution in [3.05, 3.63) is 0 Å². The van der Waals surface area contributed by atoms with Crippen LogP contribution in [0.15, 0.2) is 0 Å². The van der Waals surface area contributed by atoms with Gasteiger partial charge in [-0.15, -0.1) is 0 Å². The fourth-order valence-electron chi connectivity index (χ4n) is 0.924. The van der Waals surface area contributed by atoms with Gasteiger partial charge in [0.1, 0.15) is 0 Å². The topological polar surface area (TPSA) is 32.3 Å². The number of hydrogen-bond donors (Lipinski definition) is 1. The van der Waals surface area contributed by atoms with E-state index in [4.69, 9.17) is 0 Å². The summed E-state index contributed by atoms with van der Waals surface area (Å²) in [5.74, 6) is 0. The Bertz CT molecular complexity index is 164. The van der Waals surface area contributed by atoms with Crippen molar-refractivity contribution in [3.8, 4) is 0 Å². The molecular formula is C10H22N2O. The monoisotopic (exact) mass is 186 g/mol. The highest BCUT2D eigenvalue weighted by molar-refractivity contribution is 5.74. The minimum Gasteiger partial charge on any atom is -0.333 e. The molecule has 0 aromatic heterocycles. The maximum atomic E-state index is 11.5. The first-order valence-electron chi connectivity index (χ1n) is 5.02. The molecule has 3 nitrogen and oxygen atoms in total. The maximum Gasteiger partial charge on any atom is 0.317 e. The first kappa shape index (κ1) is 12.3. The van der Waals surface area contributed by atoms with Gasteiger partial charge in [0.05, 0.1) is 0 Å². The van der Waals surface area contributed by atoms with Crippen LogP contribution in [-0.4, -0.2) is 30.1 Å². The number of hydrogen-bond acceptors (Lipinski definition) is 1. The van der Waals surface area contributed by atoms with Gasteiger partial charge in [0.25, 0.3) is 0 Å². The first-order valence-corrected chi connectivity index (χ1v) is 5.02. The number of rotatable bonds is 4. The predicted octanol–water partition coefficient (Wildman–Crippen LogP) is 2.23. The van der Waals surface area contributed by atoms with Crippen molar-refractivity contribution in [2.24, 2.45) is 0 Å². The molecule has 0 rings (SSSR count). The van der Waals surface area contributed by atoms with Gasteiger partial charge in [-0.1, -0.05) is 13.8 Å². The number of nitrogens with one attached hydrogen (secondary N) is 1. The molecule has 0 radical (unpaired) electrons. The minimum atomic E-state index is -0.0550. The molecule has 13 heavy (non-hydrogen) atoms. The van der Waals surface area contributed by atoms with Crippen molar-refractivity contribution in [2.75, 3.05) is 13.6 Å². The molecule has 0 aliphatic heterocycles. The van der Waals surface area contributed by atoms with Crippen LogP contribution in [0.5, 0.6) is 0 Å². The van der Waals surface area contributed by atoms with Gasteiger partial charge in [0, 0.05) is 19.1 Å². The fraction of sp³-hybridized carbons (Fsp3) is 0.900. The molecule has 0 spiro atoms. The van der Waals surface area contributed by atoms with Crippen LogP contribution in [0.3, 0.4) is 0 Å². The molecule has 0 unspecified atom stereocenters. The Balaban J connectivity index is 4.17. The van der Waals surface area contributed by atoms with Gasteiger partial charge in [0.2, 0.25) is 0 Å². The Morgan fingerprint density at radius 2 is 1.77 bits per heavy atom. The van der Waals surface area contributed by atoms with E-state index < -0.39 is 0 Å². The lowest BCUT2D eigenvalue weighted by molar-refractivity contribution is 0.194. The van der Waals surface area contributed by atoms with Gasteiger partial charge >= 0.3 is 6.03 Å². The number of urea groups is 1. The van der Waals surface area contributed by atoms with Crippen molar-refractivity contribution in [1.82, 2.24) is 10.2 Å². The van der Waals surface area contributed by atoms with E-state index in [0.717, 1.165) is 19.4 Å². The minimum absolute atomic E-state index is 0.0219. The van der Waals surface area contributed by atoms with E-state index in [1.807, 2.05) is 6.92 Å². The lowest BCUT2D eigenvalue weighted by Crippen LogP contribution is -2.49. The lowest BCUT2D eigenvalue weighted by Gasteiger charge is -2.30. The number of amides is 2. The first-order chi connectivity index (χ1) is 5.99. The van der Waals surface area contributed by atoms with Gasteiger partial charge in [-0.05, 0) is 26.7 Å². The van der Waals surface area contributed by atoms with Crippen molar-refractivity contribution >= 4 is 6.03 Å². The molecule has 0 heterocycles. The molecule has 3 heteroatoms. The molecule has 0 aliphatic rings. The number of carbonyl (C=O) groups is 1. The number of carbonyl (C=O) groups excluding carboxylic acids is 1. The summed E-state index contributed by atoms with van der Waals surface area (Å²) in [6.07, 6.45) is 1.93. The average molecular weight is 186 g/mol. The average Bonchev–Trinajstić information content (AvgIpc) is 2.16. The van der Waals surface area contributed by atoms with Crippen LogP contribution in [-0.2, 0) is 0 Å². The smallest absolute Gasteiger partial charge is 0.317 e. The van der Waals surface area contributed by atoms with Gasteiger partial charge in [-0.3, -0.25) is 0 Å². The van der Waals surface area contributed by atoms with Crippen molar-refractivity contribution in [1.29, 1.82) is 0 Å². The summed E-state index contributed by atoms with van der Waals surface area (Å²) < 4.78 is 0. The van der Waals surface area contributed by atoms with Crippen LogP contribution in [0.1, 0.15) is 40.5 Å². The van der Waals surface area contributed by atoms with Crippen LogP contribution in [0.4, 0.5) is 4.79 Å². The lowest BCUT2D eigenvalue weighted by atomic mass is 9.96. The van der Waals surface area contributed by atoms with Crippen LogP contribution >= 0.6 is 0 Å². The summed E-state index contributed by atoms with van der Waals surface area (Å²) in [5, 5.41) is 3.03. The largest absolute Gasteiger partial charge is 0.333 e. The molecule has 0 aromatic rings. The number of nitrogens with zero attached hydrogens (tertiary/aromatic N) is 1. The SMILES string of the molecule is CCN(C)C(=O)NC(C)(CC)CC. The highest BCUT2D eigenvalue weighted by Gasteiger charge is 2.22. The molecule has 1 N–H and O–H groups in total. The van der Waals surface area contributed by atoms with Crippen LogP contribution in [0.25, 0.3) is 0 Å². The van der Waals surface area contributed by atoms with Gasteiger partial charge in [-0.25, -0.2) is 4.79 Å². The van der Waals surface area contributed by atoms with E-state index in [1.54, 1.807) is 11.9 Å². The summed E-state index contributed by atoms with van der Waals surface area (Å²) in [7, 11) is 1.81. The second kappa shape index (κ2) is 5.10. The van der Waals surface area contributed by atoms with Crippen LogP contribution in [0.2, 0.25) is 0 Å². The molecule has 0 saturated heterocycles. The summed E-state index contributed by atoms with van der Waals surface area (Å²) in [4.78, 5) is 13.2. The third kappa shape index (κ3) is 3.66. The third-order valence-electron chi connectivity index (χ3n) is 2.79. The zero-order valence-corrected chi connectivity index (χ0v) is 9.48. The van der Waals surface area contributed by atoms with E-state index in [-0.39, 0.29) is 11.6 Å². The zero-order chi connectivity index (χ0) is 10.5. The standard InChI is InChI=1S/C10H22N2O/c1-6-10(4,7-2)11-9(13)12(5)8-3/h6-8H2,1-5H3,(H,11,13). The summed E-state index contributed by atoms with van der Waals surface area (Å²) in [6.45, 7) is 8.98. The molecule has 0 aliphatic carbocycles. The maximum absolute atomic E-state index is 11.5. The Labute approximate surface area is 81.5 Å². The van der Waals surface area contributed by atoms with E-state index in [9.17, 15) is 4.79 Å². The fourth-order valence-corrected chi connectivity index (χ4v) is 0.924. The highest BCUT2D eigenvalue weighted by Crippen LogP contribution is 2.13. The Hall–Kier alpha value is -0.730. The predicted molar refractivity (Wildman–Crippen MR) is 55.8 cm³/mol. The molecule has 0 bridgehead atoms. The van der Waals surface area contributed by atoms with Crippen LogP contribution in [0, 0.1) is 0 Å². The third-order valence-corrected chi connectivity index (χ3v) is 2.79. The zero-order valence-electron chi connectivity index (χ0n) is 9.48. The summed E-state index contributed by atoms with van der Waals surface area (Å²) in [5.41, 5.74) is -0.0550. The van der Waals surface area contributed by atoms with E-state index in [2.05, 4.69) is 26.1 Å². The molecule has 0 fully saturated rings. The van der Waals surface area contributed by atoms with Gasteiger partial charge in [-0.2, -0.15) is 0 Å². The molecular weight excluding hydrogens is 164 g/mol. The van der Waals surface area contributed by atoms with E-state index in [0.29, 0.717) is 0 Å². The molecule has 0 aromatic carbocycles. The quantitative estimate of drug-likeness (QED) is 0.717. The van der Waals surface area contributed by atoms with Gasteiger partial charge < -0.3 is 10.2 Å². The van der Waals surface area contributed by atoms with E-state index in [1.165, 1.54) is 0 Å².